The van der Waals surface area contributed by atoms with Crippen LogP contribution in [0, 0.1) is 0 Å². The summed E-state index contributed by atoms with van der Waals surface area (Å²) in [6.07, 6.45) is 6.75. The third-order valence-electron chi connectivity index (χ3n) is 3.01. The summed E-state index contributed by atoms with van der Waals surface area (Å²) in [5.74, 6) is 1.01. The third kappa shape index (κ3) is 3.22. The van der Waals surface area contributed by atoms with Crippen LogP contribution >= 0.6 is 15.9 Å². The Balaban J connectivity index is 2.39. The van der Waals surface area contributed by atoms with Crippen molar-refractivity contribution < 1.29 is 0 Å². The van der Waals surface area contributed by atoms with Crippen molar-refractivity contribution in [1.82, 2.24) is 19.9 Å². The van der Waals surface area contributed by atoms with Gasteiger partial charge in [0.05, 0.1) is 5.69 Å². The fourth-order valence-electron chi connectivity index (χ4n) is 2.06. The first kappa shape index (κ1) is 14.2. The summed E-state index contributed by atoms with van der Waals surface area (Å²) in [5.41, 5.74) is 0.983. The third-order valence-corrected chi connectivity index (χ3v) is 3.68. The maximum absolute atomic E-state index is 4.50. The molecule has 4 nitrogen and oxygen atoms in total. The summed E-state index contributed by atoms with van der Waals surface area (Å²) in [4.78, 5) is 9.00. The molecule has 2 rings (SSSR count). The van der Waals surface area contributed by atoms with Crippen LogP contribution in [0.4, 0.5) is 0 Å². The minimum Gasteiger partial charge on any atom is -0.334 e. The van der Waals surface area contributed by atoms with Gasteiger partial charge in [-0.15, -0.1) is 0 Å². The summed E-state index contributed by atoms with van der Waals surface area (Å²) in [6, 6.07) is 3.96. The smallest absolute Gasteiger partial charge is 0.132 e. The lowest BCUT2D eigenvalue weighted by Gasteiger charge is -2.19. The van der Waals surface area contributed by atoms with E-state index in [-0.39, 0.29) is 6.04 Å². The van der Waals surface area contributed by atoms with Gasteiger partial charge in [-0.25, -0.2) is 4.98 Å². The molecule has 0 amide bonds. The van der Waals surface area contributed by atoms with Gasteiger partial charge < -0.3 is 9.88 Å². The number of pyridine rings is 1. The quantitative estimate of drug-likeness (QED) is 0.888. The molecular formula is C14H19BrN4. The van der Waals surface area contributed by atoms with Crippen LogP contribution in [0.15, 0.2) is 35.2 Å². The lowest BCUT2D eigenvalue weighted by Crippen LogP contribution is -2.27. The van der Waals surface area contributed by atoms with Crippen molar-refractivity contribution in [2.24, 2.45) is 0 Å². The van der Waals surface area contributed by atoms with Crippen molar-refractivity contribution in [3.8, 4) is 0 Å². The Morgan fingerprint density at radius 1 is 1.32 bits per heavy atom. The first-order valence-electron chi connectivity index (χ1n) is 6.62. The lowest BCUT2D eigenvalue weighted by molar-refractivity contribution is 0.530. The number of imidazole rings is 1. The van der Waals surface area contributed by atoms with Gasteiger partial charge in [0, 0.05) is 29.6 Å². The lowest BCUT2D eigenvalue weighted by atomic mass is 10.1. The SMILES string of the molecule is CCCNC(c1ncccc1Br)c1nccn1CC. The molecule has 2 aromatic rings. The van der Waals surface area contributed by atoms with Crippen LogP contribution < -0.4 is 5.32 Å². The molecule has 2 heterocycles. The van der Waals surface area contributed by atoms with Crippen molar-refractivity contribution in [3.05, 3.63) is 46.7 Å². The Labute approximate surface area is 122 Å². The first-order valence-corrected chi connectivity index (χ1v) is 7.42. The van der Waals surface area contributed by atoms with Crippen LogP contribution in [-0.2, 0) is 6.54 Å². The van der Waals surface area contributed by atoms with Gasteiger partial charge in [0.2, 0.25) is 0 Å². The number of rotatable bonds is 6. The van der Waals surface area contributed by atoms with Gasteiger partial charge in [-0.1, -0.05) is 6.92 Å². The number of halogens is 1. The average Bonchev–Trinajstić information content (AvgIpc) is 2.89. The minimum atomic E-state index is 0.0190. The average molecular weight is 323 g/mol. The van der Waals surface area contributed by atoms with Crippen LogP contribution in [0.25, 0.3) is 0 Å². The largest absolute Gasteiger partial charge is 0.334 e. The molecule has 0 saturated heterocycles. The summed E-state index contributed by atoms with van der Waals surface area (Å²) in [5, 5.41) is 3.53. The van der Waals surface area contributed by atoms with E-state index in [9.17, 15) is 0 Å². The van der Waals surface area contributed by atoms with Gasteiger partial charge in [0.25, 0.3) is 0 Å². The zero-order valence-electron chi connectivity index (χ0n) is 11.3. The van der Waals surface area contributed by atoms with Gasteiger partial charge in [-0.05, 0) is 48.0 Å². The minimum absolute atomic E-state index is 0.0190. The van der Waals surface area contributed by atoms with Gasteiger partial charge in [0.15, 0.2) is 0 Å². The zero-order chi connectivity index (χ0) is 13.7. The highest BCUT2D eigenvalue weighted by molar-refractivity contribution is 9.10. The van der Waals surface area contributed by atoms with E-state index in [0.29, 0.717) is 0 Å². The maximum atomic E-state index is 4.50. The fourth-order valence-corrected chi connectivity index (χ4v) is 2.54. The molecule has 0 radical (unpaired) electrons. The van der Waals surface area contributed by atoms with Crippen LogP contribution in [0.3, 0.4) is 0 Å². The van der Waals surface area contributed by atoms with E-state index in [0.717, 1.165) is 35.5 Å². The Hall–Kier alpha value is -1.20. The molecule has 0 bridgehead atoms. The highest BCUT2D eigenvalue weighted by Crippen LogP contribution is 2.25. The zero-order valence-corrected chi connectivity index (χ0v) is 12.9. The number of hydrogen-bond acceptors (Lipinski definition) is 3. The molecule has 1 unspecified atom stereocenters. The van der Waals surface area contributed by atoms with Crippen molar-refractivity contribution in [1.29, 1.82) is 0 Å². The van der Waals surface area contributed by atoms with Crippen LogP contribution in [0.1, 0.15) is 37.8 Å². The molecule has 0 aliphatic rings. The van der Waals surface area contributed by atoms with Crippen LogP contribution in [0.2, 0.25) is 0 Å². The van der Waals surface area contributed by atoms with E-state index in [1.807, 2.05) is 30.7 Å². The maximum Gasteiger partial charge on any atom is 0.132 e. The number of nitrogens with one attached hydrogen (secondary N) is 1. The summed E-state index contributed by atoms with van der Waals surface area (Å²) in [7, 11) is 0. The van der Waals surface area contributed by atoms with Crippen molar-refractivity contribution in [3.63, 3.8) is 0 Å². The van der Waals surface area contributed by atoms with Gasteiger partial charge in [0.1, 0.15) is 11.9 Å². The standard InChI is InChI=1S/C14H19BrN4/c1-3-7-16-13(12-11(15)6-5-8-17-12)14-18-9-10-19(14)4-2/h5-6,8-10,13,16H,3-4,7H2,1-2H3. The van der Waals surface area contributed by atoms with E-state index < -0.39 is 0 Å². The van der Waals surface area contributed by atoms with E-state index in [1.54, 1.807) is 0 Å². The van der Waals surface area contributed by atoms with Gasteiger partial charge in [-0.3, -0.25) is 4.98 Å². The molecule has 19 heavy (non-hydrogen) atoms. The Kier molecular flexibility index (Phi) is 5.10. The highest BCUT2D eigenvalue weighted by atomic mass is 79.9. The summed E-state index contributed by atoms with van der Waals surface area (Å²) >= 11 is 3.58. The Bertz CT molecular complexity index is 524. The predicted octanol–water partition coefficient (Wildman–Crippen LogP) is 3.15. The first-order chi connectivity index (χ1) is 9.27. The summed E-state index contributed by atoms with van der Waals surface area (Å²) in [6.45, 7) is 6.12. The second kappa shape index (κ2) is 6.82. The molecule has 0 spiro atoms. The van der Waals surface area contributed by atoms with Crippen LogP contribution in [0.5, 0.6) is 0 Å². The predicted molar refractivity (Wildman–Crippen MR) is 80.0 cm³/mol. The molecule has 102 valence electrons. The van der Waals surface area contributed by atoms with Crippen molar-refractivity contribution in [2.45, 2.75) is 32.9 Å². The number of nitrogens with zero attached hydrogens (tertiary/aromatic N) is 3. The molecule has 0 aliphatic heterocycles. The molecule has 0 aromatic carbocycles. The highest BCUT2D eigenvalue weighted by Gasteiger charge is 2.21. The molecule has 0 fully saturated rings. The van der Waals surface area contributed by atoms with E-state index >= 15 is 0 Å². The van der Waals surface area contributed by atoms with Gasteiger partial charge >= 0.3 is 0 Å². The second-order valence-electron chi connectivity index (χ2n) is 4.33. The number of aryl methyl sites for hydroxylation is 1. The molecule has 2 aromatic heterocycles. The molecule has 5 heteroatoms. The molecule has 0 aliphatic carbocycles. The molecule has 1 atom stereocenters. The van der Waals surface area contributed by atoms with Crippen molar-refractivity contribution >= 4 is 15.9 Å². The second-order valence-corrected chi connectivity index (χ2v) is 5.18. The van der Waals surface area contributed by atoms with Crippen LogP contribution in [-0.4, -0.2) is 21.1 Å². The molecular weight excluding hydrogens is 304 g/mol. The Morgan fingerprint density at radius 3 is 2.84 bits per heavy atom. The van der Waals surface area contributed by atoms with Crippen molar-refractivity contribution in [2.75, 3.05) is 6.54 Å². The fraction of sp³-hybridized carbons (Fsp3) is 0.429. The Morgan fingerprint density at radius 2 is 2.16 bits per heavy atom. The normalized spacial score (nSPS) is 12.6. The van der Waals surface area contributed by atoms with E-state index in [4.69, 9.17) is 0 Å². The van der Waals surface area contributed by atoms with Gasteiger partial charge in [-0.2, -0.15) is 0 Å². The molecule has 1 N–H and O–H groups in total. The summed E-state index contributed by atoms with van der Waals surface area (Å²) < 4.78 is 3.16. The van der Waals surface area contributed by atoms with E-state index in [2.05, 4.69) is 49.6 Å². The topological polar surface area (TPSA) is 42.7 Å². The molecule has 0 saturated carbocycles. The van der Waals surface area contributed by atoms with E-state index in [1.165, 1.54) is 0 Å². The number of hydrogen-bond donors (Lipinski definition) is 1. The monoisotopic (exact) mass is 322 g/mol. The number of aromatic nitrogens is 3.